The number of aromatic nitrogens is 3. The summed E-state index contributed by atoms with van der Waals surface area (Å²) < 4.78 is 7.29. The van der Waals surface area contributed by atoms with Gasteiger partial charge in [-0.25, -0.2) is 9.97 Å². The SMILES string of the molecule is O=C(c1cnc2ccccn2c1=O)N1CCCC(c2nc3ccccc3o2)C1. The Morgan fingerprint density at radius 1 is 1.14 bits per heavy atom. The van der Waals surface area contributed by atoms with Crippen LogP contribution < -0.4 is 5.56 Å². The highest BCUT2D eigenvalue weighted by Gasteiger charge is 2.30. The summed E-state index contributed by atoms with van der Waals surface area (Å²) in [5.74, 6) is 0.366. The number of pyridine rings is 1. The molecule has 5 rings (SSSR count). The van der Waals surface area contributed by atoms with Gasteiger partial charge >= 0.3 is 0 Å². The summed E-state index contributed by atoms with van der Waals surface area (Å²) >= 11 is 0. The molecular formula is C21H18N4O3. The Labute approximate surface area is 160 Å². The zero-order valence-electron chi connectivity index (χ0n) is 15.1. The summed E-state index contributed by atoms with van der Waals surface area (Å²) in [4.78, 5) is 36.3. The van der Waals surface area contributed by atoms with E-state index in [9.17, 15) is 9.59 Å². The van der Waals surface area contributed by atoms with Crippen LogP contribution in [0, 0.1) is 0 Å². The Morgan fingerprint density at radius 2 is 2.00 bits per heavy atom. The summed E-state index contributed by atoms with van der Waals surface area (Å²) in [6.45, 7) is 1.08. The summed E-state index contributed by atoms with van der Waals surface area (Å²) in [7, 11) is 0. The van der Waals surface area contributed by atoms with E-state index < -0.39 is 0 Å². The second kappa shape index (κ2) is 6.60. The third-order valence-electron chi connectivity index (χ3n) is 5.21. The van der Waals surface area contributed by atoms with Crippen molar-refractivity contribution < 1.29 is 9.21 Å². The van der Waals surface area contributed by atoms with Gasteiger partial charge in [0.05, 0.1) is 5.92 Å². The summed E-state index contributed by atoms with van der Waals surface area (Å²) in [6.07, 6.45) is 4.73. The van der Waals surface area contributed by atoms with Crippen LogP contribution in [0.1, 0.15) is 35.0 Å². The van der Waals surface area contributed by atoms with E-state index in [0.717, 1.165) is 23.9 Å². The van der Waals surface area contributed by atoms with Gasteiger partial charge in [0.1, 0.15) is 16.7 Å². The van der Waals surface area contributed by atoms with Crippen LogP contribution >= 0.6 is 0 Å². The number of piperidine rings is 1. The first-order valence-electron chi connectivity index (χ1n) is 9.32. The minimum Gasteiger partial charge on any atom is -0.440 e. The minimum atomic E-state index is -0.348. The fourth-order valence-electron chi connectivity index (χ4n) is 3.77. The van der Waals surface area contributed by atoms with Gasteiger partial charge in [-0.2, -0.15) is 0 Å². The van der Waals surface area contributed by atoms with E-state index >= 15 is 0 Å². The second-order valence-corrected chi connectivity index (χ2v) is 7.02. The van der Waals surface area contributed by atoms with Crippen molar-refractivity contribution >= 4 is 22.7 Å². The van der Waals surface area contributed by atoms with Crippen LogP contribution in [0.5, 0.6) is 0 Å². The van der Waals surface area contributed by atoms with Crippen LogP contribution in [0.25, 0.3) is 16.7 Å². The summed E-state index contributed by atoms with van der Waals surface area (Å²) in [6, 6.07) is 12.9. The van der Waals surface area contributed by atoms with Crippen LogP contribution in [0.15, 0.2) is 64.1 Å². The molecule has 0 aliphatic carbocycles. The largest absolute Gasteiger partial charge is 0.440 e. The number of carbonyl (C=O) groups is 1. The molecule has 0 saturated carbocycles. The molecular weight excluding hydrogens is 356 g/mol. The van der Waals surface area contributed by atoms with E-state index in [1.54, 1.807) is 29.3 Å². The molecule has 7 heteroatoms. The normalized spacial score (nSPS) is 17.3. The maximum atomic E-state index is 13.0. The predicted octanol–water partition coefficient (Wildman–Crippen LogP) is 2.86. The second-order valence-electron chi connectivity index (χ2n) is 7.02. The van der Waals surface area contributed by atoms with Gasteiger partial charge in [0, 0.05) is 25.5 Å². The molecule has 1 unspecified atom stereocenters. The molecule has 1 fully saturated rings. The molecule has 1 amide bonds. The lowest BCUT2D eigenvalue weighted by Crippen LogP contribution is -2.41. The molecule has 0 bridgehead atoms. The van der Waals surface area contributed by atoms with E-state index in [1.807, 2.05) is 24.3 Å². The molecule has 4 aromatic rings. The van der Waals surface area contributed by atoms with Crippen LogP contribution in [0.3, 0.4) is 0 Å². The number of hydrogen-bond donors (Lipinski definition) is 0. The predicted molar refractivity (Wildman–Crippen MR) is 103 cm³/mol. The van der Waals surface area contributed by atoms with E-state index in [2.05, 4.69) is 9.97 Å². The van der Waals surface area contributed by atoms with E-state index in [4.69, 9.17) is 4.42 Å². The van der Waals surface area contributed by atoms with Crippen molar-refractivity contribution in [3.63, 3.8) is 0 Å². The molecule has 1 saturated heterocycles. The zero-order chi connectivity index (χ0) is 19.1. The highest BCUT2D eigenvalue weighted by atomic mass is 16.3. The quantitative estimate of drug-likeness (QED) is 0.539. The molecule has 0 N–H and O–H groups in total. The number of carbonyl (C=O) groups excluding carboxylic acids is 1. The van der Waals surface area contributed by atoms with Gasteiger partial charge in [0.15, 0.2) is 11.5 Å². The Morgan fingerprint density at radius 3 is 2.89 bits per heavy atom. The maximum Gasteiger partial charge on any atom is 0.270 e. The monoisotopic (exact) mass is 374 g/mol. The van der Waals surface area contributed by atoms with Crippen molar-refractivity contribution in [1.82, 2.24) is 19.3 Å². The van der Waals surface area contributed by atoms with Crippen LogP contribution in [-0.4, -0.2) is 38.3 Å². The molecule has 28 heavy (non-hydrogen) atoms. The van der Waals surface area contributed by atoms with Crippen molar-refractivity contribution in [2.45, 2.75) is 18.8 Å². The van der Waals surface area contributed by atoms with Crippen molar-refractivity contribution in [1.29, 1.82) is 0 Å². The Balaban J connectivity index is 1.44. The third kappa shape index (κ3) is 2.76. The number of likely N-dealkylation sites (tertiary alicyclic amines) is 1. The molecule has 1 aromatic carbocycles. The maximum absolute atomic E-state index is 13.0. The topological polar surface area (TPSA) is 80.7 Å². The molecule has 140 valence electrons. The number of nitrogens with zero attached hydrogens (tertiary/aromatic N) is 4. The molecule has 1 aliphatic rings. The Hall–Kier alpha value is -3.48. The number of oxazole rings is 1. The number of rotatable bonds is 2. The van der Waals surface area contributed by atoms with Crippen molar-refractivity contribution in [2.75, 3.05) is 13.1 Å². The molecule has 1 aliphatic heterocycles. The smallest absolute Gasteiger partial charge is 0.270 e. The number of para-hydroxylation sites is 2. The Bertz CT molecular complexity index is 1210. The van der Waals surface area contributed by atoms with Gasteiger partial charge in [0.25, 0.3) is 11.5 Å². The highest BCUT2D eigenvalue weighted by molar-refractivity contribution is 5.93. The lowest BCUT2D eigenvalue weighted by molar-refractivity contribution is 0.0696. The van der Waals surface area contributed by atoms with Gasteiger partial charge in [-0.1, -0.05) is 18.2 Å². The first-order valence-corrected chi connectivity index (χ1v) is 9.32. The highest BCUT2D eigenvalue weighted by Crippen LogP contribution is 2.29. The van der Waals surface area contributed by atoms with Crippen molar-refractivity contribution in [3.05, 3.63) is 76.7 Å². The van der Waals surface area contributed by atoms with Crippen LogP contribution in [0.4, 0.5) is 0 Å². The Kier molecular flexibility index (Phi) is 3.93. The minimum absolute atomic E-state index is 0.0151. The summed E-state index contributed by atoms with van der Waals surface area (Å²) in [5.41, 5.74) is 1.82. The lowest BCUT2D eigenvalue weighted by Gasteiger charge is -2.31. The number of hydrogen-bond acceptors (Lipinski definition) is 5. The fraction of sp³-hybridized carbons (Fsp3) is 0.238. The fourth-order valence-corrected chi connectivity index (χ4v) is 3.77. The van der Waals surface area contributed by atoms with Crippen LogP contribution in [-0.2, 0) is 0 Å². The van der Waals surface area contributed by atoms with Gasteiger partial charge in [-0.3, -0.25) is 14.0 Å². The average Bonchev–Trinajstić information content (AvgIpc) is 3.18. The van der Waals surface area contributed by atoms with Crippen molar-refractivity contribution in [2.24, 2.45) is 0 Å². The van der Waals surface area contributed by atoms with Gasteiger partial charge in [-0.15, -0.1) is 0 Å². The molecule has 1 atom stereocenters. The molecule has 0 radical (unpaired) electrons. The average molecular weight is 374 g/mol. The molecule has 3 aromatic heterocycles. The van der Waals surface area contributed by atoms with Gasteiger partial charge < -0.3 is 9.32 Å². The number of fused-ring (bicyclic) bond motifs is 2. The molecule has 0 spiro atoms. The molecule has 4 heterocycles. The summed E-state index contributed by atoms with van der Waals surface area (Å²) in [5, 5.41) is 0. The van der Waals surface area contributed by atoms with Gasteiger partial charge in [-0.05, 0) is 37.1 Å². The van der Waals surface area contributed by atoms with Gasteiger partial charge in [0.2, 0.25) is 0 Å². The first-order chi connectivity index (χ1) is 13.7. The van der Waals surface area contributed by atoms with E-state index in [0.29, 0.717) is 24.6 Å². The van der Waals surface area contributed by atoms with Crippen LogP contribution in [0.2, 0.25) is 0 Å². The lowest BCUT2D eigenvalue weighted by atomic mass is 9.97. The molecule has 7 nitrogen and oxygen atoms in total. The van der Waals surface area contributed by atoms with E-state index in [1.165, 1.54) is 10.6 Å². The zero-order valence-corrected chi connectivity index (χ0v) is 15.1. The third-order valence-corrected chi connectivity index (χ3v) is 5.21. The first kappa shape index (κ1) is 16.7. The number of amides is 1. The number of benzene rings is 1. The van der Waals surface area contributed by atoms with E-state index in [-0.39, 0.29) is 22.9 Å². The standard InChI is InChI=1S/C21H18N4O3/c26-20(15-12-22-18-9-3-4-11-25(18)21(15)27)24-10-5-6-14(13-24)19-23-16-7-1-2-8-17(16)28-19/h1-4,7-9,11-12,14H,5-6,10,13H2. The van der Waals surface area contributed by atoms with Crippen molar-refractivity contribution in [3.8, 4) is 0 Å².